The zero-order valence-corrected chi connectivity index (χ0v) is 19.4. The van der Waals surface area contributed by atoms with Crippen molar-refractivity contribution in [1.82, 2.24) is 0 Å². The van der Waals surface area contributed by atoms with Gasteiger partial charge >= 0.3 is 0 Å². The van der Waals surface area contributed by atoms with Crippen LogP contribution in [-0.2, 0) is 19.3 Å². The lowest BCUT2D eigenvalue weighted by atomic mass is 9.99. The van der Waals surface area contributed by atoms with Crippen molar-refractivity contribution in [3.8, 4) is 11.8 Å². The maximum atomic E-state index is 15.1. The summed E-state index contributed by atoms with van der Waals surface area (Å²) in [5.74, 6) is 6.34. The van der Waals surface area contributed by atoms with E-state index in [1.54, 1.807) is 0 Å². The quantitative estimate of drug-likeness (QED) is 0.214. The van der Waals surface area contributed by atoms with Crippen molar-refractivity contribution < 1.29 is 4.39 Å². The highest BCUT2D eigenvalue weighted by molar-refractivity contribution is 5.85. The van der Waals surface area contributed by atoms with Crippen molar-refractivity contribution in [3.05, 3.63) is 130 Å². The third-order valence-corrected chi connectivity index (χ3v) is 5.98. The predicted molar refractivity (Wildman–Crippen MR) is 138 cm³/mol. The normalized spacial score (nSPS) is 11.0. The summed E-state index contributed by atoms with van der Waals surface area (Å²) < 4.78 is 15.1. The molecule has 0 aliphatic heterocycles. The minimum atomic E-state index is -0.118. The van der Waals surface area contributed by atoms with E-state index in [-0.39, 0.29) is 5.82 Å². The first-order chi connectivity index (χ1) is 16.1. The van der Waals surface area contributed by atoms with Gasteiger partial charge in [-0.2, -0.15) is 0 Å². The molecule has 4 aromatic carbocycles. The van der Waals surface area contributed by atoms with E-state index in [0.717, 1.165) is 41.3 Å². The lowest BCUT2D eigenvalue weighted by Gasteiger charge is -2.08. The van der Waals surface area contributed by atoms with Crippen molar-refractivity contribution in [1.29, 1.82) is 0 Å². The Morgan fingerprint density at radius 3 is 2.15 bits per heavy atom. The number of benzene rings is 4. The Hall–Kier alpha value is -3.63. The van der Waals surface area contributed by atoms with Crippen LogP contribution < -0.4 is 0 Å². The van der Waals surface area contributed by atoms with Crippen LogP contribution in [0.4, 0.5) is 4.39 Å². The van der Waals surface area contributed by atoms with Gasteiger partial charge < -0.3 is 0 Å². The van der Waals surface area contributed by atoms with Crippen molar-refractivity contribution in [3.63, 3.8) is 0 Å². The number of rotatable bonds is 6. The van der Waals surface area contributed by atoms with Gasteiger partial charge in [0.05, 0.1) is 0 Å². The minimum Gasteiger partial charge on any atom is -0.206 e. The molecule has 0 aromatic heterocycles. The monoisotopic (exact) mass is 432 g/mol. The fraction of sp³-hybridized carbons (Fsp3) is 0.188. The second-order valence-electron chi connectivity index (χ2n) is 8.51. The van der Waals surface area contributed by atoms with Crippen LogP contribution in [0.3, 0.4) is 0 Å². The first-order valence-corrected chi connectivity index (χ1v) is 11.6. The first-order valence-electron chi connectivity index (χ1n) is 11.6. The molecule has 0 nitrogen and oxygen atoms in total. The van der Waals surface area contributed by atoms with E-state index >= 15 is 4.39 Å². The molecule has 0 heterocycles. The van der Waals surface area contributed by atoms with Gasteiger partial charge in [-0.15, -0.1) is 0 Å². The van der Waals surface area contributed by atoms with Crippen LogP contribution in [0.15, 0.2) is 91.0 Å². The van der Waals surface area contributed by atoms with Gasteiger partial charge in [-0.25, -0.2) is 4.39 Å². The van der Waals surface area contributed by atoms with E-state index in [9.17, 15) is 0 Å². The topological polar surface area (TPSA) is 0 Å². The number of aryl methyl sites for hydroxylation is 4. The van der Waals surface area contributed by atoms with E-state index in [4.69, 9.17) is 0 Å². The molecule has 0 unspecified atom stereocenters. The van der Waals surface area contributed by atoms with Gasteiger partial charge in [-0.05, 0) is 85.9 Å². The average molecular weight is 433 g/mol. The number of halogens is 1. The summed E-state index contributed by atoms with van der Waals surface area (Å²) in [5, 5.41) is 1.55. The van der Waals surface area contributed by atoms with E-state index in [0.29, 0.717) is 11.8 Å². The predicted octanol–water partition coefficient (Wildman–Crippen LogP) is 7.98. The van der Waals surface area contributed by atoms with Crippen LogP contribution in [0.1, 0.15) is 46.7 Å². The second-order valence-corrected chi connectivity index (χ2v) is 8.51. The highest BCUT2D eigenvalue weighted by atomic mass is 19.1. The van der Waals surface area contributed by atoms with Gasteiger partial charge in [0.25, 0.3) is 0 Å². The van der Waals surface area contributed by atoms with Crippen molar-refractivity contribution in [2.45, 2.75) is 39.5 Å². The summed E-state index contributed by atoms with van der Waals surface area (Å²) in [5.41, 5.74) is 6.44. The summed E-state index contributed by atoms with van der Waals surface area (Å²) >= 11 is 0. The summed E-state index contributed by atoms with van der Waals surface area (Å²) in [6.45, 7) is 4.13. The summed E-state index contributed by atoms with van der Waals surface area (Å²) in [6.07, 6.45) is 7.90. The molecule has 0 radical (unpaired) electrons. The van der Waals surface area contributed by atoms with Crippen LogP contribution in [0.2, 0.25) is 0 Å². The largest absolute Gasteiger partial charge is 0.206 e. The molecule has 164 valence electrons. The van der Waals surface area contributed by atoms with Crippen molar-refractivity contribution in [2.24, 2.45) is 0 Å². The highest BCUT2D eigenvalue weighted by Crippen LogP contribution is 2.23. The Bertz CT molecular complexity index is 1310. The molecule has 0 aliphatic carbocycles. The number of fused-ring (bicyclic) bond motifs is 1. The van der Waals surface area contributed by atoms with Crippen molar-refractivity contribution in [2.75, 3.05) is 0 Å². The molecule has 0 saturated carbocycles. The molecule has 0 saturated heterocycles. The Labute approximate surface area is 196 Å². The maximum Gasteiger partial charge on any atom is 0.134 e. The molecular weight excluding hydrogens is 403 g/mol. The second kappa shape index (κ2) is 10.8. The van der Waals surface area contributed by atoms with Crippen LogP contribution >= 0.6 is 0 Å². The van der Waals surface area contributed by atoms with Crippen molar-refractivity contribution >= 4 is 10.8 Å². The Morgan fingerprint density at radius 1 is 0.727 bits per heavy atom. The molecule has 33 heavy (non-hydrogen) atoms. The summed E-state index contributed by atoms with van der Waals surface area (Å²) in [4.78, 5) is 0. The zero-order chi connectivity index (χ0) is 23.0. The Morgan fingerprint density at radius 2 is 1.39 bits per heavy atom. The maximum absolute atomic E-state index is 15.1. The summed E-state index contributed by atoms with van der Waals surface area (Å²) in [6, 6.07) is 26.5. The molecule has 0 fully saturated rings. The zero-order valence-electron chi connectivity index (χ0n) is 19.4. The molecule has 4 aromatic rings. The molecule has 1 heteroatoms. The van der Waals surface area contributed by atoms with Gasteiger partial charge in [0.15, 0.2) is 0 Å². The van der Waals surface area contributed by atoms with E-state index in [1.165, 1.54) is 16.7 Å². The molecular formula is C32H29F. The average Bonchev–Trinajstić information content (AvgIpc) is 2.84. The molecule has 0 spiro atoms. The van der Waals surface area contributed by atoms with E-state index < -0.39 is 0 Å². The third-order valence-electron chi connectivity index (χ3n) is 5.98. The van der Waals surface area contributed by atoms with Gasteiger partial charge in [-0.3, -0.25) is 0 Å². The fourth-order valence-electron chi connectivity index (χ4n) is 3.96. The smallest absolute Gasteiger partial charge is 0.134 e. The molecule has 4 rings (SSSR count). The molecule has 0 atom stereocenters. The van der Waals surface area contributed by atoms with E-state index in [1.807, 2.05) is 37.3 Å². The Balaban J connectivity index is 1.46. The first kappa shape index (κ1) is 22.6. The number of hydrogen-bond acceptors (Lipinski definition) is 0. The minimum absolute atomic E-state index is 0.118. The van der Waals surface area contributed by atoms with E-state index in [2.05, 4.69) is 79.4 Å². The number of hydrogen-bond donors (Lipinski definition) is 0. The van der Waals surface area contributed by atoms with Gasteiger partial charge in [-0.1, -0.05) is 84.2 Å². The highest BCUT2D eigenvalue weighted by Gasteiger charge is 2.08. The summed E-state index contributed by atoms with van der Waals surface area (Å²) in [7, 11) is 0. The van der Waals surface area contributed by atoms with Crippen LogP contribution in [0, 0.1) is 24.6 Å². The Kier molecular flexibility index (Phi) is 7.38. The standard InChI is InChI=1S/C32H29F/c1-3-4-5-6-25-11-13-27(14-12-25)15-16-28-18-22-31-30(23-28)21-20-29(32(31)33)19-17-26-9-7-24(2)8-10-26/h3-4,7-14,18,20-23H,5-6,17,19H2,1-2H3/b4-3+. The van der Waals surface area contributed by atoms with Gasteiger partial charge in [0.2, 0.25) is 0 Å². The molecule has 0 N–H and O–H groups in total. The van der Waals surface area contributed by atoms with Crippen LogP contribution in [-0.4, -0.2) is 0 Å². The lowest BCUT2D eigenvalue weighted by molar-refractivity contribution is 0.620. The third kappa shape index (κ3) is 5.99. The fourth-order valence-corrected chi connectivity index (χ4v) is 3.96. The molecule has 0 aliphatic rings. The van der Waals surface area contributed by atoms with Gasteiger partial charge in [0, 0.05) is 16.5 Å². The number of allylic oxidation sites excluding steroid dienone is 2. The molecule has 0 amide bonds. The van der Waals surface area contributed by atoms with Crippen LogP contribution in [0.5, 0.6) is 0 Å². The molecule has 0 bridgehead atoms. The lowest BCUT2D eigenvalue weighted by Crippen LogP contribution is -1.96. The van der Waals surface area contributed by atoms with Gasteiger partial charge in [0.1, 0.15) is 5.82 Å². The van der Waals surface area contributed by atoms with Crippen LogP contribution in [0.25, 0.3) is 10.8 Å². The SMILES string of the molecule is C/C=C/CCc1ccc(C#Cc2ccc3c(F)c(CCc4ccc(C)cc4)ccc3c2)cc1.